The Bertz CT molecular complexity index is 373. The lowest BCUT2D eigenvalue weighted by Crippen LogP contribution is -2.43. The number of rotatable bonds is 4. The van der Waals surface area contributed by atoms with Gasteiger partial charge in [-0.1, -0.05) is 19.8 Å². The molecular formula is C16H28N2O3. The molecule has 1 aliphatic heterocycles. The molecule has 5 heteroatoms. The molecule has 0 spiro atoms. The fourth-order valence-corrected chi connectivity index (χ4v) is 3.71. The van der Waals surface area contributed by atoms with Crippen LogP contribution in [0.3, 0.4) is 0 Å². The van der Waals surface area contributed by atoms with Gasteiger partial charge in [-0.25, -0.2) is 4.79 Å². The molecule has 0 bridgehead atoms. The van der Waals surface area contributed by atoms with Crippen molar-refractivity contribution >= 4 is 12.0 Å². The van der Waals surface area contributed by atoms with Gasteiger partial charge in [0.1, 0.15) is 0 Å². The quantitative estimate of drug-likeness (QED) is 0.838. The highest BCUT2D eigenvalue weighted by atomic mass is 16.4. The van der Waals surface area contributed by atoms with Crippen molar-refractivity contribution in [2.75, 3.05) is 19.6 Å². The van der Waals surface area contributed by atoms with Gasteiger partial charge in [0.25, 0.3) is 0 Å². The van der Waals surface area contributed by atoms with Gasteiger partial charge in [-0.05, 0) is 43.9 Å². The number of nitrogens with zero attached hydrogens (tertiary/aromatic N) is 1. The molecule has 2 amide bonds. The average Bonchev–Trinajstić information content (AvgIpc) is 2.81. The monoisotopic (exact) mass is 296 g/mol. The van der Waals surface area contributed by atoms with Crippen molar-refractivity contribution < 1.29 is 14.7 Å². The van der Waals surface area contributed by atoms with Gasteiger partial charge < -0.3 is 15.3 Å². The summed E-state index contributed by atoms with van der Waals surface area (Å²) in [6.45, 7) is 4.38. The minimum absolute atomic E-state index is 0.0113. The zero-order valence-electron chi connectivity index (χ0n) is 13.0. The molecule has 5 nitrogen and oxygen atoms in total. The maximum Gasteiger partial charge on any atom is 0.317 e. The first-order valence-corrected chi connectivity index (χ1v) is 8.37. The molecule has 0 aromatic heterocycles. The second kappa shape index (κ2) is 7.66. The molecule has 0 aromatic carbocycles. The van der Waals surface area contributed by atoms with Crippen LogP contribution in [0.25, 0.3) is 0 Å². The molecule has 3 atom stereocenters. The Hall–Kier alpha value is -1.26. The number of urea groups is 1. The van der Waals surface area contributed by atoms with E-state index in [0.29, 0.717) is 6.54 Å². The predicted octanol–water partition coefficient (Wildman–Crippen LogP) is 2.71. The molecule has 2 aliphatic rings. The van der Waals surface area contributed by atoms with Gasteiger partial charge >= 0.3 is 12.0 Å². The topological polar surface area (TPSA) is 69.6 Å². The predicted molar refractivity (Wildman–Crippen MR) is 81.1 cm³/mol. The molecule has 120 valence electrons. The summed E-state index contributed by atoms with van der Waals surface area (Å²) in [5.41, 5.74) is 0. The number of nitrogens with one attached hydrogen (secondary N) is 1. The van der Waals surface area contributed by atoms with Crippen LogP contribution in [0, 0.1) is 17.8 Å². The second-order valence-corrected chi connectivity index (χ2v) is 6.51. The Morgan fingerprint density at radius 2 is 1.95 bits per heavy atom. The van der Waals surface area contributed by atoms with Crippen LogP contribution in [-0.2, 0) is 4.79 Å². The lowest BCUT2D eigenvalue weighted by molar-refractivity contribution is -0.142. The molecule has 1 heterocycles. The molecule has 2 rings (SSSR count). The molecule has 1 saturated heterocycles. The van der Waals surface area contributed by atoms with Crippen LogP contribution in [0.15, 0.2) is 0 Å². The highest BCUT2D eigenvalue weighted by molar-refractivity contribution is 5.74. The number of carboxylic acids is 1. The van der Waals surface area contributed by atoms with Crippen LogP contribution in [0.4, 0.5) is 4.79 Å². The fourth-order valence-electron chi connectivity index (χ4n) is 3.71. The van der Waals surface area contributed by atoms with Crippen molar-refractivity contribution in [3.63, 3.8) is 0 Å². The number of aliphatic carboxylic acids is 1. The number of amides is 2. The van der Waals surface area contributed by atoms with Crippen molar-refractivity contribution in [2.24, 2.45) is 17.8 Å². The van der Waals surface area contributed by atoms with Crippen molar-refractivity contribution in [2.45, 2.75) is 51.9 Å². The van der Waals surface area contributed by atoms with E-state index in [2.05, 4.69) is 12.2 Å². The van der Waals surface area contributed by atoms with Gasteiger partial charge in [0, 0.05) is 19.6 Å². The zero-order chi connectivity index (χ0) is 15.2. The number of likely N-dealkylation sites (tertiary alicyclic amines) is 1. The molecule has 2 fully saturated rings. The third-order valence-electron chi connectivity index (χ3n) is 5.20. The number of carbonyl (C=O) groups is 2. The molecule has 2 N–H and O–H groups in total. The van der Waals surface area contributed by atoms with Crippen LogP contribution in [0.5, 0.6) is 0 Å². The van der Waals surface area contributed by atoms with E-state index >= 15 is 0 Å². The summed E-state index contributed by atoms with van der Waals surface area (Å²) in [5, 5.41) is 12.1. The van der Waals surface area contributed by atoms with E-state index in [-0.39, 0.29) is 17.9 Å². The summed E-state index contributed by atoms with van der Waals surface area (Å²) >= 11 is 0. The molecule has 0 radical (unpaired) electrons. The summed E-state index contributed by atoms with van der Waals surface area (Å²) in [7, 11) is 0. The third kappa shape index (κ3) is 4.35. The van der Waals surface area contributed by atoms with Crippen molar-refractivity contribution in [1.29, 1.82) is 0 Å². The van der Waals surface area contributed by atoms with E-state index in [1.54, 1.807) is 0 Å². The molecule has 1 aliphatic carbocycles. The molecular weight excluding hydrogens is 268 g/mol. The Morgan fingerprint density at radius 1 is 1.14 bits per heavy atom. The lowest BCUT2D eigenvalue weighted by atomic mass is 9.96. The fraction of sp³-hybridized carbons (Fsp3) is 0.875. The Kier molecular flexibility index (Phi) is 5.88. The van der Waals surface area contributed by atoms with E-state index in [4.69, 9.17) is 5.11 Å². The molecule has 3 unspecified atom stereocenters. The van der Waals surface area contributed by atoms with E-state index < -0.39 is 5.97 Å². The maximum atomic E-state index is 12.2. The number of hydrogen-bond acceptors (Lipinski definition) is 2. The summed E-state index contributed by atoms with van der Waals surface area (Å²) in [5.74, 6) is -0.151. The summed E-state index contributed by atoms with van der Waals surface area (Å²) in [6.07, 6.45) is 7.19. The van der Waals surface area contributed by atoms with Crippen LogP contribution < -0.4 is 5.32 Å². The van der Waals surface area contributed by atoms with Crippen LogP contribution in [0.2, 0.25) is 0 Å². The van der Waals surface area contributed by atoms with Crippen LogP contribution in [-0.4, -0.2) is 41.6 Å². The number of carbonyl (C=O) groups excluding carboxylic acids is 1. The van der Waals surface area contributed by atoms with E-state index in [1.165, 1.54) is 12.8 Å². The molecule has 1 saturated carbocycles. The first kappa shape index (κ1) is 16.1. The van der Waals surface area contributed by atoms with Gasteiger partial charge in [-0.3, -0.25) is 4.79 Å². The molecule has 21 heavy (non-hydrogen) atoms. The first-order valence-electron chi connectivity index (χ1n) is 8.37. The SMILES string of the molecule is CCC1CCCN(C(=O)NCC2CCCC2C(=O)O)CC1. The van der Waals surface area contributed by atoms with Crippen molar-refractivity contribution in [3.8, 4) is 0 Å². The number of hydrogen-bond donors (Lipinski definition) is 2. The Balaban J connectivity index is 1.77. The highest BCUT2D eigenvalue weighted by Gasteiger charge is 2.33. The summed E-state index contributed by atoms with van der Waals surface area (Å²) in [6, 6.07) is -0.0113. The Morgan fingerprint density at radius 3 is 2.67 bits per heavy atom. The highest BCUT2D eigenvalue weighted by Crippen LogP contribution is 2.31. The first-order chi connectivity index (χ1) is 10.1. The van der Waals surface area contributed by atoms with Gasteiger partial charge in [-0.15, -0.1) is 0 Å². The Labute approximate surface area is 127 Å². The minimum Gasteiger partial charge on any atom is -0.481 e. The lowest BCUT2D eigenvalue weighted by Gasteiger charge is -2.23. The van der Waals surface area contributed by atoms with Gasteiger partial charge in [0.2, 0.25) is 0 Å². The van der Waals surface area contributed by atoms with Gasteiger partial charge in [0.15, 0.2) is 0 Å². The minimum atomic E-state index is -0.715. The maximum absolute atomic E-state index is 12.2. The smallest absolute Gasteiger partial charge is 0.317 e. The number of carboxylic acid groups (broad SMARTS) is 1. The zero-order valence-corrected chi connectivity index (χ0v) is 13.0. The van der Waals surface area contributed by atoms with Crippen LogP contribution in [0.1, 0.15) is 51.9 Å². The van der Waals surface area contributed by atoms with Gasteiger partial charge in [-0.2, -0.15) is 0 Å². The van der Waals surface area contributed by atoms with Crippen molar-refractivity contribution in [1.82, 2.24) is 10.2 Å². The van der Waals surface area contributed by atoms with Gasteiger partial charge in [0.05, 0.1) is 5.92 Å². The summed E-state index contributed by atoms with van der Waals surface area (Å²) < 4.78 is 0. The standard InChI is InChI=1S/C16H28N2O3/c1-2-12-5-4-9-18(10-8-12)16(21)17-11-13-6-3-7-14(13)15(19)20/h12-14H,2-11H2,1H3,(H,17,21)(H,19,20). The van der Waals surface area contributed by atoms with E-state index in [9.17, 15) is 9.59 Å². The average molecular weight is 296 g/mol. The normalized spacial score (nSPS) is 30.0. The van der Waals surface area contributed by atoms with Crippen molar-refractivity contribution in [3.05, 3.63) is 0 Å². The molecule has 0 aromatic rings. The largest absolute Gasteiger partial charge is 0.481 e. The van der Waals surface area contributed by atoms with E-state index in [1.807, 2.05) is 4.90 Å². The van der Waals surface area contributed by atoms with E-state index in [0.717, 1.165) is 51.1 Å². The summed E-state index contributed by atoms with van der Waals surface area (Å²) in [4.78, 5) is 25.3. The second-order valence-electron chi connectivity index (χ2n) is 6.51. The van der Waals surface area contributed by atoms with Crippen LogP contribution >= 0.6 is 0 Å². The third-order valence-corrected chi connectivity index (χ3v) is 5.20.